The molecule has 0 fully saturated rings. The number of amides is 2. The van der Waals surface area contributed by atoms with E-state index in [1.807, 2.05) is 23.6 Å². The van der Waals surface area contributed by atoms with Gasteiger partial charge in [-0.25, -0.2) is 4.79 Å². The number of oxazole rings is 1. The zero-order valence-corrected chi connectivity index (χ0v) is 16.8. The largest absolute Gasteiger partial charge is 0.419 e. The van der Waals surface area contributed by atoms with Crippen LogP contribution in [0.1, 0.15) is 22.5 Å². The van der Waals surface area contributed by atoms with Crippen LogP contribution in [0.3, 0.4) is 0 Å². The first-order chi connectivity index (χ1) is 14.6. The molecule has 2 amide bonds. The average molecular weight is 421 g/mol. The van der Waals surface area contributed by atoms with Crippen molar-refractivity contribution in [1.29, 1.82) is 0 Å². The lowest BCUT2D eigenvalue weighted by Crippen LogP contribution is -2.17. The SMILES string of the molecule is O=C(CCCn1c(=O)oc2ccccc21)Nc1cccc(NC(=O)c2cccs2)c1. The Morgan fingerprint density at radius 2 is 1.77 bits per heavy atom. The predicted octanol–water partition coefficient (Wildman–Crippen LogP) is 4.33. The van der Waals surface area contributed by atoms with Crippen LogP contribution < -0.4 is 16.4 Å². The number of carbonyl (C=O) groups excluding carboxylic acids is 2. The van der Waals surface area contributed by atoms with E-state index < -0.39 is 5.76 Å². The molecule has 0 spiro atoms. The summed E-state index contributed by atoms with van der Waals surface area (Å²) in [5, 5.41) is 7.48. The first-order valence-electron chi connectivity index (χ1n) is 9.43. The van der Waals surface area contributed by atoms with Gasteiger partial charge in [0.05, 0.1) is 10.4 Å². The minimum atomic E-state index is -0.425. The first-order valence-corrected chi connectivity index (χ1v) is 10.3. The summed E-state index contributed by atoms with van der Waals surface area (Å²) in [6, 6.07) is 17.8. The fourth-order valence-electron chi connectivity index (χ4n) is 3.12. The van der Waals surface area contributed by atoms with Gasteiger partial charge in [0.1, 0.15) is 0 Å². The number of fused-ring (bicyclic) bond motifs is 1. The maximum absolute atomic E-state index is 12.3. The zero-order valence-electron chi connectivity index (χ0n) is 16.0. The number of rotatable bonds is 7. The molecule has 2 aromatic carbocycles. The van der Waals surface area contributed by atoms with Crippen LogP contribution in [0.25, 0.3) is 11.1 Å². The third-order valence-corrected chi connectivity index (χ3v) is 5.38. The van der Waals surface area contributed by atoms with Crippen molar-refractivity contribution >= 4 is 45.6 Å². The molecule has 2 N–H and O–H groups in total. The fraction of sp³-hybridized carbons (Fsp3) is 0.136. The molecule has 30 heavy (non-hydrogen) atoms. The van der Waals surface area contributed by atoms with Crippen molar-refractivity contribution in [2.45, 2.75) is 19.4 Å². The van der Waals surface area contributed by atoms with E-state index >= 15 is 0 Å². The predicted molar refractivity (Wildman–Crippen MR) is 117 cm³/mol. The highest BCUT2D eigenvalue weighted by Gasteiger charge is 2.10. The van der Waals surface area contributed by atoms with Gasteiger partial charge in [-0.1, -0.05) is 24.3 Å². The number of anilines is 2. The van der Waals surface area contributed by atoms with Crippen LogP contribution in [0, 0.1) is 0 Å². The number of para-hydroxylation sites is 2. The summed E-state index contributed by atoms with van der Waals surface area (Å²) in [6.07, 6.45) is 0.738. The number of thiophene rings is 1. The summed E-state index contributed by atoms with van der Waals surface area (Å²) in [6.45, 7) is 0.389. The van der Waals surface area contributed by atoms with E-state index in [1.165, 1.54) is 15.9 Å². The summed E-state index contributed by atoms with van der Waals surface area (Å²) in [7, 11) is 0. The number of aromatic nitrogens is 1. The Morgan fingerprint density at radius 3 is 2.57 bits per heavy atom. The second-order valence-corrected chi connectivity index (χ2v) is 7.60. The van der Waals surface area contributed by atoms with Crippen LogP contribution in [0.5, 0.6) is 0 Å². The minimum absolute atomic E-state index is 0.169. The van der Waals surface area contributed by atoms with E-state index in [0.717, 1.165) is 5.52 Å². The van der Waals surface area contributed by atoms with Crippen LogP contribution in [0.15, 0.2) is 75.3 Å². The van der Waals surface area contributed by atoms with Crippen LogP contribution in [0.4, 0.5) is 11.4 Å². The van der Waals surface area contributed by atoms with E-state index in [1.54, 1.807) is 42.5 Å². The van der Waals surface area contributed by atoms with Crippen LogP contribution >= 0.6 is 11.3 Å². The van der Waals surface area contributed by atoms with E-state index in [2.05, 4.69) is 10.6 Å². The number of nitrogens with zero attached hydrogens (tertiary/aromatic N) is 1. The summed E-state index contributed by atoms with van der Waals surface area (Å²) >= 11 is 1.36. The standard InChI is InChI=1S/C22H19N3O4S/c26-20(11-4-12-25-17-8-1-2-9-18(17)29-22(25)28)23-15-6-3-7-16(14-15)24-21(27)19-10-5-13-30-19/h1-3,5-10,13-14H,4,11-12H2,(H,23,26)(H,24,27). The van der Waals surface area contributed by atoms with Crippen molar-refractivity contribution in [2.24, 2.45) is 0 Å². The third-order valence-electron chi connectivity index (χ3n) is 4.51. The number of aryl methyl sites for hydroxylation is 1. The number of nitrogens with one attached hydrogen (secondary N) is 2. The van der Waals surface area contributed by atoms with Gasteiger partial charge in [0.2, 0.25) is 5.91 Å². The van der Waals surface area contributed by atoms with Crippen molar-refractivity contribution in [3.63, 3.8) is 0 Å². The summed E-state index contributed by atoms with van der Waals surface area (Å²) in [5.74, 6) is -0.783. The highest BCUT2D eigenvalue weighted by Crippen LogP contribution is 2.18. The maximum Gasteiger partial charge on any atom is 0.419 e. The topological polar surface area (TPSA) is 93.3 Å². The molecule has 0 bridgehead atoms. The van der Waals surface area contributed by atoms with Gasteiger partial charge in [0, 0.05) is 24.3 Å². The fourth-order valence-corrected chi connectivity index (χ4v) is 3.74. The Balaban J connectivity index is 1.32. The van der Waals surface area contributed by atoms with E-state index in [4.69, 9.17) is 4.42 Å². The van der Waals surface area contributed by atoms with Crippen molar-refractivity contribution in [3.8, 4) is 0 Å². The highest BCUT2D eigenvalue weighted by atomic mass is 32.1. The summed E-state index contributed by atoms with van der Waals surface area (Å²) in [5.41, 5.74) is 2.45. The second-order valence-electron chi connectivity index (χ2n) is 6.65. The quantitative estimate of drug-likeness (QED) is 0.465. The molecule has 4 aromatic rings. The Labute approximate surface area is 176 Å². The van der Waals surface area contributed by atoms with E-state index in [-0.39, 0.29) is 18.2 Å². The van der Waals surface area contributed by atoms with Crippen LogP contribution in [0.2, 0.25) is 0 Å². The molecule has 4 rings (SSSR count). The number of hydrogen-bond acceptors (Lipinski definition) is 5. The Morgan fingerprint density at radius 1 is 0.967 bits per heavy atom. The summed E-state index contributed by atoms with van der Waals surface area (Å²) < 4.78 is 6.73. The molecule has 0 aliphatic rings. The van der Waals surface area contributed by atoms with Gasteiger partial charge in [-0.3, -0.25) is 14.2 Å². The lowest BCUT2D eigenvalue weighted by molar-refractivity contribution is -0.116. The normalized spacial score (nSPS) is 10.8. The Bertz CT molecular complexity index is 1240. The Hall–Kier alpha value is -3.65. The first kappa shape index (κ1) is 19.7. The molecule has 0 saturated carbocycles. The van der Waals surface area contributed by atoms with Gasteiger partial charge in [-0.15, -0.1) is 11.3 Å². The lowest BCUT2D eigenvalue weighted by atomic mass is 10.2. The van der Waals surface area contributed by atoms with Crippen LogP contribution in [-0.2, 0) is 11.3 Å². The van der Waals surface area contributed by atoms with Gasteiger partial charge in [0.25, 0.3) is 5.91 Å². The molecule has 0 aliphatic carbocycles. The van der Waals surface area contributed by atoms with Gasteiger partial charge >= 0.3 is 5.76 Å². The molecule has 2 aromatic heterocycles. The van der Waals surface area contributed by atoms with Gasteiger partial charge < -0.3 is 15.1 Å². The summed E-state index contributed by atoms with van der Waals surface area (Å²) in [4.78, 5) is 37.1. The van der Waals surface area contributed by atoms with Crippen molar-refractivity contribution in [2.75, 3.05) is 10.6 Å². The Kier molecular flexibility index (Phi) is 5.76. The third kappa shape index (κ3) is 4.49. The molecule has 0 atom stereocenters. The van der Waals surface area contributed by atoms with Crippen molar-refractivity contribution in [1.82, 2.24) is 4.57 Å². The van der Waals surface area contributed by atoms with E-state index in [9.17, 15) is 14.4 Å². The van der Waals surface area contributed by atoms with E-state index in [0.29, 0.717) is 34.8 Å². The van der Waals surface area contributed by atoms with Crippen LogP contribution in [-0.4, -0.2) is 16.4 Å². The lowest BCUT2D eigenvalue weighted by Gasteiger charge is -2.08. The molecular formula is C22H19N3O4S. The molecule has 0 aliphatic heterocycles. The zero-order chi connectivity index (χ0) is 20.9. The minimum Gasteiger partial charge on any atom is -0.408 e. The molecule has 7 nitrogen and oxygen atoms in total. The van der Waals surface area contributed by atoms with Crippen molar-refractivity contribution < 1.29 is 14.0 Å². The molecule has 0 saturated heterocycles. The monoisotopic (exact) mass is 421 g/mol. The number of hydrogen-bond donors (Lipinski definition) is 2. The molecule has 152 valence electrons. The maximum atomic E-state index is 12.3. The molecular weight excluding hydrogens is 402 g/mol. The van der Waals surface area contributed by atoms with Gasteiger partial charge in [0.15, 0.2) is 5.58 Å². The highest BCUT2D eigenvalue weighted by molar-refractivity contribution is 7.12. The molecule has 2 heterocycles. The molecule has 0 unspecified atom stereocenters. The average Bonchev–Trinajstić information content (AvgIpc) is 3.37. The van der Waals surface area contributed by atoms with Gasteiger partial charge in [-0.05, 0) is 48.2 Å². The number of carbonyl (C=O) groups is 2. The molecule has 8 heteroatoms. The van der Waals surface area contributed by atoms with Crippen molar-refractivity contribution in [3.05, 3.63) is 81.5 Å². The number of benzene rings is 2. The van der Waals surface area contributed by atoms with Gasteiger partial charge in [-0.2, -0.15) is 0 Å². The second kappa shape index (κ2) is 8.79. The smallest absolute Gasteiger partial charge is 0.408 e. The molecule has 0 radical (unpaired) electrons.